The molecule has 0 saturated carbocycles. The number of halogens is 1. The van der Waals surface area contributed by atoms with Gasteiger partial charge in [-0.3, -0.25) is 0 Å². The van der Waals surface area contributed by atoms with E-state index in [0.29, 0.717) is 11.8 Å². The van der Waals surface area contributed by atoms with Crippen molar-refractivity contribution in [3.05, 3.63) is 34.3 Å². The Kier molecular flexibility index (Phi) is 4.38. The monoisotopic (exact) mass is 283 g/mol. The Labute approximate surface area is 106 Å². The van der Waals surface area contributed by atoms with E-state index in [1.165, 1.54) is 12.0 Å². The van der Waals surface area contributed by atoms with E-state index in [4.69, 9.17) is 4.74 Å². The van der Waals surface area contributed by atoms with Crippen molar-refractivity contribution in [2.24, 2.45) is 5.92 Å². The first-order chi connectivity index (χ1) is 7.81. The number of nitrogens with one attached hydrogen (secondary N) is 1. The van der Waals surface area contributed by atoms with Gasteiger partial charge in [-0.15, -0.1) is 0 Å². The van der Waals surface area contributed by atoms with E-state index in [1.807, 2.05) is 7.05 Å². The highest BCUT2D eigenvalue weighted by atomic mass is 79.9. The highest BCUT2D eigenvalue weighted by molar-refractivity contribution is 9.10. The Morgan fingerprint density at radius 3 is 3.06 bits per heavy atom. The molecular formula is C13H18BrNO. The van der Waals surface area contributed by atoms with Gasteiger partial charge in [0.1, 0.15) is 0 Å². The third kappa shape index (κ3) is 2.84. The molecule has 1 fully saturated rings. The highest BCUT2D eigenvalue weighted by Gasteiger charge is 2.26. The maximum atomic E-state index is 5.50. The van der Waals surface area contributed by atoms with Crippen LogP contribution < -0.4 is 5.32 Å². The van der Waals surface area contributed by atoms with Gasteiger partial charge >= 0.3 is 0 Å². The molecule has 1 saturated heterocycles. The van der Waals surface area contributed by atoms with Crippen molar-refractivity contribution >= 4 is 15.9 Å². The summed E-state index contributed by atoms with van der Waals surface area (Å²) in [5, 5.41) is 3.29. The number of hydrogen-bond donors (Lipinski definition) is 1. The van der Waals surface area contributed by atoms with Gasteiger partial charge in [-0.25, -0.2) is 0 Å². The fourth-order valence-corrected chi connectivity index (χ4v) is 2.80. The van der Waals surface area contributed by atoms with Crippen molar-refractivity contribution in [3.8, 4) is 0 Å². The Morgan fingerprint density at radius 1 is 1.56 bits per heavy atom. The van der Waals surface area contributed by atoms with E-state index in [-0.39, 0.29) is 0 Å². The van der Waals surface area contributed by atoms with Gasteiger partial charge in [0, 0.05) is 23.5 Å². The van der Waals surface area contributed by atoms with Crippen LogP contribution in [0, 0.1) is 5.92 Å². The second kappa shape index (κ2) is 5.80. The summed E-state index contributed by atoms with van der Waals surface area (Å²) in [6, 6.07) is 8.62. The third-order valence-corrected chi connectivity index (χ3v) is 3.73. The van der Waals surface area contributed by atoms with Crippen molar-refractivity contribution < 1.29 is 4.74 Å². The standard InChI is InChI=1S/C13H18BrNO/c1-15-8-13(11-5-6-16-9-11)10-3-2-4-12(14)7-10/h2-4,7,11,13,15H,5-6,8-9H2,1H3. The minimum atomic E-state index is 0.560. The summed E-state index contributed by atoms with van der Waals surface area (Å²) in [6.07, 6.45) is 1.18. The lowest BCUT2D eigenvalue weighted by Crippen LogP contribution is -2.24. The normalized spacial score (nSPS) is 22.2. The van der Waals surface area contributed by atoms with E-state index in [2.05, 4.69) is 45.5 Å². The molecule has 0 radical (unpaired) electrons. The van der Waals surface area contributed by atoms with Crippen LogP contribution in [0.5, 0.6) is 0 Å². The summed E-state index contributed by atoms with van der Waals surface area (Å²) in [4.78, 5) is 0. The van der Waals surface area contributed by atoms with Crippen LogP contribution in [0.1, 0.15) is 17.9 Å². The molecule has 0 amide bonds. The molecule has 1 aromatic carbocycles. The lowest BCUT2D eigenvalue weighted by Gasteiger charge is -2.22. The minimum absolute atomic E-state index is 0.560. The molecule has 2 nitrogen and oxygen atoms in total. The molecule has 1 aliphatic heterocycles. The zero-order valence-corrected chi connectivity index (χ0v) is 11.2. The van der Waals surface area contributed by atoms with Crippen molar-refractivity contribution in [1.29, 1.82) is 0 Å². The van der Waals surface area contributed by atoms with Gasteiger partial charge in [0.25, 0.3) is 0 Å². The molecule has 0 spiro atoms. The average molecular weight is 284 g/mol. The first kappa shape index (κ1) is 12.1. The Hall–Kier alpha value is -0.380. The Morgan fingerprint density at radius 2 is 2.44 bits per heavy atom. The molecule has 16 heavy (non-hydrogen) atoms. The van der Waals surface area contributed by atoms with E-state index in [0.717, 1.165) is 24.2 Å². The number of hydrogen-bond acceptors (Lipinski definition) is 2. The molecule has 2 rings (SSSR count). The average Bonchev–Trinajstić information content (AvgIpc) is 2.79. The largest absolute Gasteiger partial charge is 0.381 e. The van der Waals surface area contributed by atoms with E-state index in [9.17, 15) is 0 Å². The second-order valence-electron chi connectivity index (χ2n) is 4.34. The Bertz CT molecular complexity index is 336. The van der Waals surface area contributed by atoms with Crippen LogP contribution in [-0.2, 0) is 4.74 Å². The molecule has 0 bridgehead atoms. The summed E-state index contributed by atoms with van der Waals surface area (Å²) < 4.78 is 6.65. The molecule has 2 unspecified atom stereocenters. The summed E-state index contributed by atoms with van der Waals surface area (Å²) in [7, 11) is 2.01. The van der Waals surface area contributed by atoms with Crippen LogP contribution >= 0.6 is 15.9 Å². The summed E-state index contributed by atoms with van der Waals surface area (Å²) >= 11 is 3.54. The predicted molar refractivity (Wildman–Crippen MR) is 69.7 cm³/mol. The minimum Gasteiger partial charge on any atom is -0.381 e. The fraction of sp³-hybridized carbons (Fsp3) is 0.538. The van der Waals surface area contributed by atoms with Gasteiger partial charge in [-0.2, -0.15) is 0 Å². The lowest BCUT2D eigenvalue weighted by molar-refractivity contribution is 0.180. The molecule has 88 valence electrons. The summed E-state index contributed by atoms with van der Waals surface area (Å²) in [5.41, 5.74) is 1.40. The molecule has 1 aliphatic rings. The molecule has 1 aromatic rings. The molecule has 3 heteroatoms. The molecule has 2 atom stereocenters. The van der Waals surface area contributed by atoms with Crippen LogP contribution in [0.25, 0.3) is 0 Å². The first-order valence-corrected chi connectivity index (χ1v) is 6.58. The number of rotatable bonds is 4. The number of benzene rings is 1. The molecule has 1 heterocycles. The van der Waals surface area contributed by atoms with Crippen molar-refractivity contribution in [2.75, 3.05) is 26.8 Å². The SMILES string of the molecule is CNCC(c1cccc(Br)c1)C1CCOC1. The molecular weight excluding hydrogens is 266 g/mol. The zero-order valence-electron chi connectivity index (χ0n) is 9.58. The number of likely N-dealkylation sites (N-methyl/N-ethyl adjacent to an activating group) is 1. The smallest absolute Gasteiger partial charge is 0.0501 e. The molecule has 0 aliphatic carbocycles. The maximum absolute atomic E-state index is 5.50. The van der Waals surface area contributed by atoms with Crippen molar-refractivity contribution in [1.82, 2.24) is 5.32 Å². The quantitative estimate of drug-likeness (QED) is 0.918. The number of ether oxygens (including phenoxy) is 1. The Balaban J connectivity index is 2.17. The van der Waals surface area contributed by atoms with Crippen LogP contribution in [0.3, 0.4) is 0 Å². The van der Waals surface area contributed by atoms with E-state index in [1.54, 1.807) is 0 Å². The predicted octanol–water partition coefficient (Wildman–Crippen LogP) is 2.79. The fourth-order valence-electron chi connectivity index (χ4n) is 2.38. The van der Waals surface area contributed by atoms with E-state index < -0.39 is 0 Å². The zero-order chi connectivity index (χ0) is 11.4. The maximum Gasteiger partial charge on any atom is 0.0501 e. The van der Waals surface area contributed by atoms with Crippen molar-refractivity contribution in [3.63, 3.8) is 0 Å². The van der Waals surface area contributed by atoms with Crippen molar-refractivity contribution in [2.45, 2.75) is 12.3 Å². The topological polar surface area (TPSA) is 21.3 Å². The van der Waals surface area contributed by atoms with Gasteiger partial charge in [0.2, 0.25) is 0 Å². The molecule has 1 N–H and O–H groups in total. The highest BCUT2D eigenvalue weighted by Crippen LogP contribution is 2.31. The summed E-state index contributed by atoms with van der Waals surface area (Å²) in [6.45, 7) is 2.84. The van der Waals surface area contributed by atoms with Crippen LogP contribution in [0.4, 0.5) is 0 Å². The van der Waals surface area contributed by atoms with Crippen LogP contribution in [0.15, 0.2) is 28.7 Å². The van der Waals surface area contributed by atoms with Gasteiger partial charge in [0.15, 0.2) is 0 Å². The lowest BCUT2D eigenvalue weighted by atomic mass is 9.85. The van der Waals surface area contributed by atoms with E-state index >= 15 is 0 Å². The summed E-state index contributed by atoms with van der Waals surface area (Å²) in [5.74, 6) is 1.21. The second-order valence-corrected chi connectivity index (χ2v) is 5.26. The van der Waals surface area contributed by atoms with Gasteiger partial charge in [-0.1, -0.05) is 28.1 Å². The van der Waals surface area contributed by atoms with Gasteiger partial charge in [-0.05, 0) is 37.1 Å². The molecule has 0 aromatic heterocycles. The van der Waals surface area contributed by atoms with Gasteiger partial charge < -0.3 is 10.1 Å². The van der Waals surface area contributed by atoms with Crippen LogP contribution in [0.2, 0.25) is 0 Å². The first-order valence-electron chi connectivity index (χ1n) is 5.79. The van der Waals surface area contributed by atoms with Gasteiger partial charge in [0.05, 0.1) is 6.61 Å². The van der Waals surface area contributed by atoms with Crippen LogP contribution in [-0.4, -0.2) is 26.8 Å². The third-order valence-electron chi connectivity index (χ3n) is 3.23.